The third kappa shape index (κ3) is 3.13. The Morgan fingerprint density at radius 2 is 2.00 bits per heavy atom. The van der Waals surface area contributed by atoms with Crippen LogP contribution in [0, 0.1) is 0 Å². The first-order valence-corrected chi connectivity index (χ1v) is 9.30. The largest absolute Gasteiger partial charge is 0.480 e. The van der Waals surface area contributed by atoms with Crippen LogP contribution >= 0.6 is 0 Å². The van der Waals surface area contributed by atoms with E-state index in [1.54, 1.807) is 11.6 Å². The number of hydrogen-bond acceptors (Lipinski definition) is 5. The molecule has 8 nitrogen and oxygen atoms in total. The van der Waals surface area contributed by atoms with Crippen molar-refractivity contribution in [1.82, 2.24) is 18.8 Å². The number of likely N-dealkylation sites (tertiary alicyclic amines) is 1. The van der Waals surface area contributed by atoms with Crippen LogP contribution in [-0.2, 0) is 21.9 Å². The molecule has 3 rings (SSSR count). The molecule has 1 N–H and O–H groups in total. The van der Waals surface area contributed by atoms with Gasteiger partial charge in [-0.3, -0.25) is 4.79 Å². The van der Waals surface area contributed by atoms with Crippen molar-refractivity contribution in [1.29, 1.82) is 0 Å². The lowest BCUT2D eigenvalue weighted by Crippen LogP contribution is -2.54. The van der Waals surface area contributed by atoms with Crippen LogP contribution in [0.3, 0.4) is 0 Å². The van der Waals surface area contributed by atoms with Gasteiger partial charge in [-0.2, -0.15) is 4.31 Å². The number of sulfonamides is 1. The van der Waals surface area contributed by atoms with Crippen molar-refractivity contribution < 1.29 is 18.3 Å². The van der Waals surface area contributed by atoms with Crippen LogP contribution in [0.5, 0.6) is 0 Å². The van der Waals surface area contributed by atoms with E-state index in [0.29, 0.717) is 12.8 Å². The Bertz CT molecular complexity index is 681. The summed E-state index contributed by atoms with van der Waals surface area (Å²) in [6.07, 6.45) is 6.06. The second-order valence-electron chi connectivity index (χ2n) is 6.27. The third-order valence-corrected chi connectivity index (χ3v) is 6.52. The Kier molecular flexibility index (Phi) is 4.43. The Balaban J connectivity index is 1.83. The van der Waals surface area contributed by atoms with Crippen molar-refractivity contribution in [3.8, 4) is 0 Å². The van der Waals surface area contributed by atoms with Crippen molar-refractivity contribution in [2.45, 2.75) is 42.8 Å². The second kappa shape index (κ2) is 6.21. The van der Waals surface area contributed by atoms with Gasteiger partial charge in [0.05, 0.1) is 6.33 Å². The first-order chi connectivity index (χ1) is 10.9. The molecule has 0 bridgehead atoms. The van der Waals surface area contributed by atoms with Crippen molar-refractivity contribution in [2.75, 3.05) is 19.6 Å². The van der Waals surface area contributed by atoms with Crippen LogP contribution < -0.4 is 0 Å². The summed E-state index contributed by atoms with van der Waals surface area (Å²) in [4.78, 5) is 17.8. The lowest BCUT2D eigenvalue weighted by atomic mass is 9.98. The van der Waals surface area contributed by atoms with Gasteiger partial charge < -0.3 is 14.6 Å². The zero-order chi connectivity index (χ0) is 16.6. The number of carboxylic acids is 1. The number of nitrogens with zero attached hydrogens (tertiary/aromatic N) is 4. The van der Waals surface area contributed by atoms with Crippen molar-refractivity contribution in [3.63, 3.8) is 0 Å². The highest BCUT2D eigenvalue weighted by atomic mass is 32.2. The molecule has 9 heteroatoms. The molecule has 2 aliphatic rings. The SMILES string of the molecule is Cn1cnc(S(=O)(=O)N2CCC(N3CCCC3)CC2C(=O)O)c1. The number of piperidine rings is 1. The lowest BCUT2D eigenvalue weighted by Gasteiger charge is -2.39. The highest BCUT2D eigenvalue weighted by Crippen LogP contribution is 2.29. The molecule has 0 spiro atoms. The maximum atomic E-state index is 12.7. The van der Waals surface area contributed by atoms with Gasteiger partial charge in [-0.15, -0.1) is 0 Å². The van der Waals surface area contributed by atoms with E-state index in [0.717, 1.165) is 30.2 Å². The van der Waals surface area contributed by atoms with Gasteiger partial charge in [0.1, 0.15) is 6.04 Å². The number of aliphatic carboxylic acids is 1. The summed E-state index contributed by atoms with van der Waals surface area (Å²) >= 11 is 0. The summed E-state index contributed by atoms with van der Waals surface area (Å²) in [6, 6.07) is -0.880. The van der Waals surface area contributed by atoms with E-state index in [2.05, 4.69) is 9.88 Å². The van der Waals surface area contributed by atoms with Gasteiger partial charge in [-0.25, -0.2) is 13.4 Å². The predicted molar refractivity (Wildman–Crippen MR) is 82.4 cm³/mol. The van der Waals surface area contributed by atoms with Crippen molar-refractivity contribution >= 4 is 16.0 Å². The fourth-order valence-corrected chi connectivity index (χ4v) is 5.09. The summed E-state index contributed by atoms with van der Waals surface area (Å²) in [6.45, 7) is 2.17. The molecule has 128 valence electrons. The molecule has 0 radical (unpaired) electrons. The number of carboxylic acid groups (broad SMARTS) is 1. The van der Waals surface area contributed by atoms with Crippen LogP contribution in [0.1, 0.15) is 25.7 Å². The molecule has 1 aromatic heterocycles. The van der Waals surface area contributed by atoms with Gasteiger partial charge in [0.2, 0.25) is 0 Å². The van der Waals surface area contributed by atoms with Crippen LogP contribution in [0.2, 0.25) is 0 Å². The van der Waals surface area contributed by atoms with Gasteiger partial charge in [-0.05, 0) is 38.8 Å². The number of rotatable bonds is 4. The fourth-order valence-electron chi connectivity index (χ4n) is 3.52. The molecule has 0 saturated carbocycles. The van der Waals surface area contributed by atoms with E-state index in [1.807, 2.05) is 0 Å². The minimum absolute atomic E-state index is 0.0918. The summed E-state index contributed by atoms with van der Waals surface area (Å²) in [5, 5.41) is 9.44. The Morgan fingerprint density at radius 1 is 1.30 bits per heavy atom. The van der Waals surface area contributed by atoms with E-state index in [1.165, 1.54) is 12.5 Å². The quantitative estimate of drug-likeness (QED) is 0.835. The predicted octanol–water partition coefficient (Wildman–Crippen LogP) is 0.122. The van der Waals surface area contributed by atoms with Crippen LogP contribution in [-0.4, -0.2) is 70.0 Å². The first kappa shape index (κ1) is 16.4. The summed E-state index contributed by atoms with van der Waals surface area (Å²) in [5.41, 5.74) is 0. The number of hydrogen-bond donors (Lipinski definition) is 1. The lowest BCUT2D eigenvalue weighted by molar-refractivity contribution is -0.143. The maximum Gasteiger partial charge on any atom is 0.322 e. The standard InChI is InChI=1S/C14H22N4O4S/c1-16-9-13(15-10-16)23(21,22)18-7-4-11(8-12(18)14(19)20)17-5-2-3-6-17/h9-12H,2-8H2,1H3,(H,19,20). The zero-order valence-electron chi connectivity index (χ0n) is 13.1. The van der Waals surface area contributed by atoms with E-state index < -0.39 is 22.0 Å². The van der Waals surface area contributed by atoms with Crippen molar-refractivity contribution in [2.24, 2.45) is 7.05 Å². The monoisotopic (exact) mass is 342 g/mol. The molecule has 2 unspecified atom stereocenters. The molecular weight excluding hydrogens is 320 g/mol. The van der Waals surface area contributed by atoms with E-state index in [4.69, 9.17) is 0 Å². The zero-order valence-corrected chi connectivity index (χ0v) is 13.9. The number of aromatic nitrogens is 2. The van der Waals surface area contributed by atoms with Gasteiger partial charge in [0.15, 0.2) is 5.03 Å². The van der Waals surface area contributed by atoms with Gasteiger partial charge >= 0.3 is 5.97 Å². The molecule has 2 fully saturated rings. The Labute approximate surface area is 135 Å². The second-order valence-corrected chi connectivity index (χ2v) is 8.11. The Morgan fingerprint density at radius 3 is 2.57 bits per heavy atom. The molecule has 2 saturated heterocycles. The molecule has 0 aliphatic carbocycles. The topological polar surface area (TPSA) is 95.7 Å². The van der Waals surface area contributed by atoms with Gasteiger partial charge in [-0.1, -0.05) is 0 Å². The molecule has 1 aromatic rings. The number of imidazole rings is 1. The van der Waals surface area contributed by atoms with Crippen LogP contribution in [0.25, 0.3) is 0 Å². The average molecular weight is 342 g/mol. The normalized spacial score (nSPS) is 27.3. The maximum absolute atomic E-state index is 12.7. The van der Waals surface area contributed by atoms with Gasteiger partial charge in [0.25, 0.3) is 10.0 Å². The molecule has 2 aliphatic heterocycles. The highest BCUT2D eigenvalue weighted by molar-refractivity contribution is 7.89. The van der Waals surface area contributed by atoms with Crippen LogP contribution in [0.15, 0.2) is 17.6 Å². The summed E-state index contributed by atoms with van der Waals surface area (Å²) in [5.74, 6) is -1.09. The molecule has 2 atom stereocenters. The third-order valence-electron chi connectivity index (χ3n) is 4.72. The number of aryl methyl sites for hydroxylation is 1. The smallest absolute Gasteiger partial charge is 0.322 e. The minimum atomic E-state index is -3.88. The highest BCUT2D eigenvalue weighted by Gasteiger charge is 2.43. The van der Waals surface area contributed by atoms with E-state index in [9.17, 15) is 18.3 Å². The van der Waals surface area contributed by atoms with Gasteiger partial charge in [0, 0.05) is 25.8 Å². The first-order valence-electron chi connectivity index (χ1n) is 7.86. The van der Waals surface area contributed by atoms with E-state index in [-0.39, 0.29) is 17.6 Å². The summed E-state index contributed by atoms with van der Waals surface area (Å²) < 4.78 is 28.1. The molecular formula is C14H22N4O4S. The summed E-state index contributed by atoms with van der Waals surface area (Å²) in [7, 11) is -2.20. The molecule has 23 heavy (non-hydrogen) atoms. The molecule has 0 amide bonds. The average Bonchev–Trinajstić information content (AvgIpc) is 3.18. The Hall–Kier alpha value is -1.45. The van der Waals surface area contributed by atoms with E-state index >= 15 is 0 Å². The fraction of sp³-hybridized carbons (Fsp3) is 0.714. The minimum Gasteiger partial charge on any atom is -0.480 e. The number of carbonyl (C=O) groups is 1. The molecule has 3 heterocycles. The molecule has 0 aromatic carbocycles. The van der Waals surface area contributed by atoms with Crippen LogP contribution in [0.4, 0.5) is 0 Å². The van der Waals surface area contributed by atoms with Crippen molar-refractivity contribution in [3.05, 3.63) is 12.5 Å².